The maximum atomic E-state index is 10.4. The summed E-state index contributed by atoms with van der Waals surface area (Å²) in [6, 6.07) is 0.566. The van der Waals surface area contributed by atoms with E-state index in [0.717, 1.165) is 25.8 Å². The van der Waals surface area contributed by atoms with E-state index in [9.17, 15) is 4.79 Å². The Morgan fingerprint density at radius 3 is 2.50 bits per heavy atom. The van der Waals surface area contributed by atoms with Gasteiger partial charge in [0.2, 0.25) is 0 Å². The predicted molar refractivity (Wildman–Crippen MR) is 55.6 cm³/mol. The molecule has 72 valence electrons. The van der Waals surface area contributed by atoms with E-state index in [2.05, 4.69) is 31.8 Å². The van der Waals surface area contributed by atoms with Crippen LogP contribution in [0.5, 0.6) is 0 Å². The van der Waals surface area contributed by atoms with E-state index in [1.54, 1.807) is 0 Å². The van der Waals surface area contributed by atoms with E-state index in [0.29, 0.717) is 12.5 Å². The summed E-state index contributed by atoms with van der Waals surface area (Å²) >= 11 is 3.70. The first-order valence-electron chi connectivity index (χ1n) is 4.58. The summed E-state index contributed by atoms with van der Waals surface area (Å²) in [5.74, 6) is 0. The van der Waals surface area contributed by atoms with Gasteiger partial charge in [-0.3, -0.25) is 4.79 Å². The third-order valence-electron chi connectivity index (χ3n) is 1.62. The number of carbonyl (C=O) groups is 1. The van der Waals surface area contributed by atoms with E-state index in [-0.39, 0.29) is 5.12 Å². The van der Waals surface area contributed by atoms with Crippen molar-refractivity contribution in [3.63, 3.8) is 0 Å². The molecule has 0 bridgehead atoms. The van der Waals surface area contributed by atoms with Crippen LogP contribution in [0.4, 0.5) is 0 Å². The summed E-state index contributed by atoms with van der Waals surface area (Å²) in [7, 11) is 0. The van der Waals surface area contributed by atoms with E-state index < -0.39 is 0 Å². The standard InChI is InChI=1S/C9H19NOS/c1-8(2)10-7-5-3-4-6-9(11)12/h8,10H,3-7H2,1-2H3,(H,11,12). The Kier molecular flexibility index (Phi) is 7.61. The molecule has 0 aliphatic carbocycles. The number of nitrogens with one attached hydrogen (secondary N) is 1. The normalized spacial score (nSPS) is 10.7. The zero-order valence-electron chi connectivity index (χ0n) is 7.97. The molecule has 0 amide bonds. The minimum atomic E-state index is 0.00631. The van der Waals surface area contributed by atoms with Gasteiger partial charge in [-0.25, -0.2) is 0 Å². The first-order chi connectivity index (χ1) is 5.63. The molecule has 0 spiro atoms. The maximum Gasteiger partial charge on any atom is 0.185 e. The Morgan fingerprint density at radius 2 is 2.00 bits per heavy atom. The Bertz CT molecular complexity index is 126. The number of rotatable bonds is 7. The molecule has 0 saturated carbocycles. The summed E-state index contributed by atoms with van der Waals surface area (Å²) in [5.41, 5.74) is 0. The van der Waals surface area contributed by atoms with Gasteiger partial charge in [-0.15, -0.1) is 12.6 Å². The van der Waals surface area contributed by atoms with Gasteiger partial charge in [-0.2, -0.15) is 0 Å². The second-order valence-corrected chi connectivity index (χ2v) is 3.81. The quantitative estimate of drug-likeness (QED) is 0.474. The number of carbonyl (C=O) groups excluding carboxylic acids is 1. The van der Waals surface area contributed by atoms with Crippen LogP contribution in [0.1, 0.15) is 39.5 Å². The molecule has 0 aromatic rings. The molecule has 0 aromatic heterocycles. The van der Waals surface area contributed by atoms with Gasteiger partial charge in [-0.1, -0.05) is 20.3 Å². The van der Waals surface area contributed by atoms with Gasteiger partial charge in [0.1, 0.15) is 0 Å². The highest BCUT2D eigenvalue weighted by Gasteiger charge is 1.95. The summed E-state index contributed by atoms with van der Waals surface area (Å²) in [4.78, 5) is 10.4. The number of unbranched alkanes of at least 4 members (excludes halogenated alkanes) is 2. The summed E-state index contributed by atoms with van der Waals surface area (Å²) in [6.45, 7) is 5.33. The molecule has 2 nitrogen and oxygen atoms in total. The molecule has 0 radical (unpaired) electrons. The van der Waals surface area contributed by atoms with Crippen LogP contribution in [-0.2, 0) is 4.79 Å². The lowest BCUT2D eigenvalue weighted by atomic mass is 10.2. The fourth-order valence-electron chi connectivity index (χ4n) is 0.969. The van der Waals surface area contributed by atoms with Crippen molar-refractivity contribution in [3.05, 3.63) is 0 Å². The molecular formula is C9H19NOS. The largest absolute Gasteiger partial charge is 0.315 e. The minimum Gasteiger partial charge on any atom is -0.315 e. The molecule has 0 heterocycles. The van der Waals surface area contributed by atoms with Crippen LogP contribution in [0.2, 0.25) is 0 Å². The molecule has 3 heteroatoms. The van der Waals surface area contributed by atoms with Gasteiger partial charge >= 0.3 is 0 Å². The average Bonchev–Trinajstić information content (AvgIpc) is 1.95. The van der Waals surface area contributed by atoms with Crippen molar-refractivity contribution < 1.29 is 4.79 Å². The molecule has 1 N–H and O–H groups in total. The first kappa shape index (κ1) is 12.0. The van der Waals surface area contributed by atoms with Gasteiger partial charge in [0, 0.05) is 12.5 Å². The van der Waals surface area contributed by atoms with Gasteiger partial charge in [0.15, 0.2) is 5.12 Å². The molecule has 0 aromatic carbocycles. The molecule has 12 heavy (non-hydrogen) atoms. The van der Waals surface area contributed by atoms with Crippen molar-refractivity contribution >= 4 is 17.7 Å². The van der Waals surface area contributed by atoms with Crippen molar-refractivity contribution in [3.8, 4) is 0 Å². The molecule has 0 unspecified atom stereocenters. The van der Waals surface area contributed by atoms with Crippen molar-refractivity contribution in [2.45, 2.75) is 45.6 Å². The molecule has 0 aliphatic heterocycles. The molecule has 0 atom stereocenters. The van der Waals surface area contributed by atoms with E-state index in [4.69, 9.17) is 0 Å². The van der Waals surface area contributed by atoms with Crippen LogP contribution in [0.3, 0.4) is 0 Å². The minimum absolute atomic E-state index is 0.00631. The maximum absolute atomic E-state index is 10.4. The van der Waals surface area contributed by atoms with Crippen molar-refractivity contribution in [1.29, 1.82) is 0 Å². The summed E-state index contributed by atoms with van der Waals surface area (Å²) in [5, 5.41) is 3.34. The monoisotopic (exact) mass is 189 g/mol. The molecular weight excluding hydrogens is 170 g/mol. The van der Waals surface area contributed by atoms with Crippen LogP contribution in [0.15, 0.2) is 0 Å². The average molecular weight is 189 g/mol. The zero-order valence-corrected chi connectivity index (χ0v) is 8.86. The van der Waals surface area contributed by atoms with Crippen LogP contribution >= 0.6 is 12.6 Å². The number of hydrogen-bond donors (Lipinski definition) is 2. The zero-order chi connectivity index (χ0) is 9.40. The summed E-state index contributed by atoms with van der Waals surface area (Å²) in [6.07, 6.45) is 3.86. The number of thiol groups is 1. The fourth-order valence-corrected chi connectivity index (χ4v) is 1.13. The second-order valence-electron chi connectivity index (χ2n) is 3.31. The van der Waals surface area contributed by atoms with Gasteiger partial charge in [0.25, 0.3) is 0 Å². The van der Waals surface area contributed by atoms with Gasteiger partial charge < -0.3 is 5.32 Å². The van der Waals surface area contributed by atoms with Crippen molar-refractivity contribution in [2.75, 3.05) is 6.54 Å². The van der Waals surface area contributed by atoms with Gasteiger partial charge in [0.05, 0.1) is 0 Å². The fraction of sp³-hybridized carbons (Fsp3) is 0.889. The Morgan fingerprint density at radius 1 is 1.33 bits per heavy atom. The SMILES string of the molecule is CC(C)NCCCCCC(=O)S. The van der Waals surface area contributed by atoms with Crippen LogP contribution in [-0.4, -0.2) is 17.7 Å². The van der Waals surface area contributed by atoms with Gasteiger partial charge in [-0.05, 0) is 19.4 Å². The highest BCUT2D eigenvalue weighted by molar-refractivity contribution is 7.96. The van der Waals surface area contributed by atoms with Crippen LogP contribution in [0.25, 0.3) is 0 Å². The molecule has 0 aliphatic rings. The lowest BCUT2D eigenvalue weighted by Gasteiger charge is -2.06. The van der Waals surface area contributed by atoms with Crippen LogP contribution < -0.4 is 5.32 Å². The van der Waals surface area contributed by atoms with Crippen LogP contribution in [0, 0.1) is 0 Å². The highest BCUT2D eigenvalue weighted by Crippen LogP contribution is 2.01. The first-order valence-corrected chi connectivity index (χ1v) is 5.03. The van der Waals surface area contributed by atoms with E-state index >= 15 is 0 Å². The van der Waals surface area contributed by atoms with Crippen molar-refractivity contribution in [1.82, 2.24) is 5.32 Å². The lowest BCUT2D eigenvalue weighted by molar-refractivity contribution is -0.110. The third kappa shape index (κ3) is 9.98. The Hall–Kier alpha value is -0.0200. The Balaban J connectivity index is 2.96. The summed E-state index contributed by atoms with van der Waals surface area (Å²) < 4.78 is 0. The van der Waals surface area contributed by atoms with E-state index in [1.807, 2.05) is 0 Å². The smallest absolute Gasteiger partial charge is 0.185 e. The molecule has 0 rings (SSSR count). The van der Waals surface area contributed by atoms with Crippen molar-refractivity contribution in [2.24, 2.45) is 0 Å². The predicted octanol–water partition coefficient (Wildman–Crippen LogP) is 2.00. The Labute approximate surface area is 80.5 Å². The third-order valence-corrected chi connectivity index (χ3v) is 1.84. The number of hydrogen-bond acceptors (Lipinski definition) is 2. The lowest BCUT2D eigenvalue weighted by Crippen LogP contribution is -2.23. The topological polar surface area (TPSA) is 29.1 Å². The second kappa shape index (κ2) is 7.62. The molecule has 0 fully saturated rings. The highest BCUT2D eigenvalue weighted by atomic mass is 32.1. The molecule has 0 saturated heterocycles. The van der Waals surface area contributed by atoms with E-state index in [1.165, 1.54) is 0 Å².